The first-order chi connectivity index (χ1) is 35.7. The molecule has 72 heavy (non-hydrogen) atoms. The molecule has 1 heterocycles. The molecule has 0 saturated heterocycles. The maximum Gasteiger partial charge on any atom is 0.0551 e. The van der Waals surface area contributed by atoms with E-state index < -0.39 is 5.41 Å². The van der Waals surface area contributed by atoms with Gasteiger partial charge in [-0.15, -0.1) is 11.8 Å². The molecule has 0 fully saturated rings. The van der Waals surface area contributed by atoms with Crippen molar-refractivity contribution in [2.75, 3.05) is 9.80 Å². The van der Waals surface area contributed by atoms with Gasteiger partial charge in [-0.3, -0.25) is 0 Å². The standard InChI is InChI=1S/C69H50N2S/c1-5-17-47(18-6-1)50-29-35-54(36-30-50)70(53-23-11-4-12-24-53)57-41-43-60-59-25-13-15-27-63(59)69(64(60)45-57)65-46-58(42-44-61(65)68-67(69)62-26-14-16-28-66(62)72-68)71(55-37-31-51(32-38-55)48-19-7-2-8-20-48)56-39-33-52(34-40-56)49-21-9-3-10-22-49/h1-9,11-21,23-46,67-68H,10,22H2. The molecule has 0 N–H and O–H groups in total. The Balaban J connectivity index is 0.974. The van der Waals surface area contributed by atoms with Gasteiger partial charge in [0.05, 0.1) is 5.41 Å². The molecule has 10 aromatic rings. The van der Waals surface area contributed by atoms with E-state index in [1.54, 1.807) is 0 Å². The van der Waals surface area contributed by atoms with E-state index in [1.807, 2.05) is 0 Å². The Hall–Kier alpha value is -8.37. The van der Waals surface area contributed by atoms with Gasteiger partial charge in [0, 0.05) is 50.2 Å². The first-order valence-corrected chi connectivity index (χ1v) is 26.2. The predicted octanol–water partition coefficient (Wildman–Crippen LogP) is 19.0. The van der Waals surface area contributed by atoms with E-state index in [4.69, 9.17) is 0 Å². The van der Waals surface area contributed by atoms with Crippen LogP contribution in [0.1, 0.15) is 57.4 Å². The second kappa shape index (κ2) is 17.5. The third-order valence-corrected chi connectivity index (χ3v) is 17.0. The summed E-state index contributed by atoms with van der Waals surface area (Å²) in [5.74, 6) is 0.174. The van der Waals surface area contributed by atoms with Crippen LogP contribution in [0.3, 0.4) is 0 Å². The van der Waals surface area contributed by atoms with Crippen molar-refractivity contribution < 1.29 is 0 Å². The molecule has 0 bridgehead atoms. The number of hydrogen-bond donors (Lipinski definition) is 0. The van der Waals surface area contributed by atoms with Crippen LogP contribution in [0.2, 0.25) is 0 Å². The predicted molar refractivity (Wildman–Crippen MR) is 303 cm³/mol. The lowest BCUT2D eigenvalue weighted by atomic mass is 9.65. The SMILES string of the molecule is C1=CCCC(c2ccc(N(c3ccc(-c4ccccc4)cc3)c3ccc4c(c3)C3(c5ccccc5-c5ccc(N(c6ccccc6)c6ccc(-c7ccccc7)cc6)cc53)C3c5ccccc5SC43)cc2)=C1. The van der Waals surface area contributed by atoms with Crippen molar-refractivity contribution in [2.45, 2.75) is 34.3 Å². The minimum absolute atomic E-state index is 0.174. The summed E-state index contributed by atoms with van der Waals surface area (Å²) in [6.07, 6.45) is 8.87. The van der Waals surface area contributed by atoms with Crippen LogP contribution in [0.15, 0.2) is 272 Å². The monoisotopic (exact) mass is 938 g/mol. The molecule has 342 valence electrons. The van der Waals surface area contributed by atoms with E-state index in [2.05, 4.69) is 289 Å². The summed E-state index contributed by atoms with van der Waals surface area (Å²) in [4.78, 5) is 6.30. The fourth-order valence-corrected chi connectivity index (χ4v) is 14.0. The highest BCUT2D eigenvalue weighted by molar-refractivity contribution is 8.00. The Labute approximate surface area is 426 Å². The molecular formula is C69H50N2S. The number of thioether (sulfide) groups is 1. The topological polar surface area (TPSA) is 6.48 Å². The molecule has 0 radical (unpaired) electrons. The Morgan fingerprint density at radius 2 is 0.861 bits per heavy atom. The molecule has 3 aliphatic carbocycles. The average Bonchev–Trinajstić information content (AvgIpc) is 4.08. The lowest BCUT2D eigenvalue weighted by Crippen LogP contribution is -2.31. The number of nitrogens with zero attached hydrogens (tertiary/aromatic N) is 2. The smallest absolute Gasteiger partial charge is 0.0551 e. The molecule has 14 rings (SSSR count). The first-order valence-electron chi connectivity index (χ1n) is 25.3. The molecule has 0 amide bonds. The van der Waals surface area contributed by atoms with E-state index in [-0.39, 0.29) is 11.2 Å². The van der Waals surface area contributed by atoms with Gasteiger partial charge in [0.15, 0.2) is 0 Å². The van der Waals surface area contributed by atoms with Crippen LogP contribution in [0.4, 0.5) is 34.1 Å². The van der Waals surface area contributed by atoms with Gasteiger partial charge < -0.3 is 9.80 Å². The Kier molecular flexibility index (Phi) is 10.3. The molecule has 2 nitrogen and oxygen atoms in total. The molecule has 1 spiro atoms. The third kappa shape index (κ3) is 6.87. The summed E-state index contributed by atoms with van der Waals surface area (Å²) in [5, 5.41) is 0.237. The molecule has 1 aliphatic heterocycles. The van der Waals surface area contributed by atoms with E-state index in [0.717, 1.165) is 47.0 Å². The molecule has 4 aliphatic rings. The van der Waals surface area contributed by atoms with Crippen molar-refractivity contribution in [1.29, 1.82) is 0 Å². The molecule has 3 unspecified atom stereocenters. The zero-order chi connectivity index (χ0) is 47.6. The number of fused-ring (bicyclic) bond motifs is 12. The Morgan fingerprint density at radius 1 is 0.375 bits per heavy atom. The summed E-state index contributed by atoms with van der Waals surface area (Å²) in [6.45, 7) is 0. The highest BCUT2D eigenvalue weighted by Gasteiger charge is 2.61. The van der Waals surface area contributed by atoms with Crippen LogP contribution >= 0.6 is 11.8 Å². The summed E-state index contributed by atoms with van der Waals surface area (Å²) in [6, 6.07) is 93.0. The molecule has 3 atom stereocenters. The number of hydrogen-bond acceptors (Lipinski definition) is 3. The zero-order valence-electron chi connectivity index (χ0n) is 39.8. The fourth-order valence-electron chi connectivity index (χ4n) is 12.4. The number of benzene rings is 10. The minimum atomic E-state index is -0.481. The maximum atomic E-state index is 2.57. The van der Waals surface area contributed by atoms with Crippen LogP contribution < -0.4 is 9.80 Å². The maximum absolute atomic E-state index is 2.57. The summed E-state index contributed by atoms with van der Waals surface area (Å²) < 4.78 is 0. The second-order valence-corrected chi connectivity index (χ2v) is 20.6. The van der Waals surface area contributed by atoms with Crippen LogP contribution in [0.5, 0.6) is 0 Å². The average molecular weight is 939 g/mol. The van der Waals surface area contributed by atoms with Crippen molar-refractivity contribution >= 4 is 51.5 Å². The van der Waals surface area contributed by atoms with Crippen LogP contribution in [-0.2, 0) is 5.41 Å². The van der Waals surface area contributed by atoms with Crippen molar-refractivity contribution in [3.05, 3.63) is 300 Å². The molecule has 10 aromatic carbocycles. The van der Waals surface area contributed by atoms with Gasteiger partial charge in [0.2, 0.25) is 0 Å². The zero-order valence-corrected chi connectivity index (χ0v) is 40.6. The van der Waals surface area contributed by atoms with Gasteiger partial charge in [-0.1, -0.05) is 188 Å². The minimum Gasteiger partial charge on any atom is -0.310 e. The largest absolute Gasteiger partial charge is 0.310 e. The van der Waals surface area contributed by atoms with Gasteiger partial charge in [0.25, 0.3) is 0 Å². The Bertz CT molecular complexity index is 3710. The quantitative estimate of drug-likeness (QED) is 0.142. The highest BCUT2D eigenvalue weighted by Crippen LogP contribution is 2.74. The normalized spacial score (nSPS) is 17.6. The van der Waals surface area contributed by atoms with E-state index in [9.17, 15) is 0 Å². The van der Waals surface area contributed by atoms with Gasteiger partial charge >= 0.3 is 0 Å². The lowest BCUT2D eigenvalue weighted by molar-refractivity contribution is 0.529. The molecule has 0 aromatic heterocycles. The van der Waals surface area contributed by atoms with Crippen molar-refractivity contribution in [3.8, 4) is 33.4 Å². The molecular weight excluding hydrogens is 889 g/mol. The van der Waals surface area contributed by atoms with E-state index in [0.29, 0.717) is 0 Å². The van der Waals surface area contributed by atoms with Crippen LogP contribution in [-0.4, -0.2) is 0 Å². The van der Waals surface area contributed by atoms with Gasteiger partial charge in [0.1, 0.15) is 0 Å². The second-order valence-electron chi connectivity index (χ2n) is 19.4. The first kappa shape index (κ1) is 42.5. The van der Waals surface area contributed by atoms with Crippen LogP contribution in [0, 0.1) is 0 Å². The van der Waals surface area contributed by atoms with Crippen molar-refractivity contribution in [2.24, 2.45) is 0 Å². The lowest BCUT2D eigenvalue weighted by Gasteiger charge is -2.37. The van der Waals surface area contributed by atoms with E-state index in [1.165, 1.54) is 77.2 Å². The summed E-state index contributed by atoms with van der Waals surface area (Å²) in [5.41, 5.74) is 23.4. The van der Waals surface area contributed by atoms with Gasteiger partial charge in [-0.25, -0.2) is 0 Å². The van der Waals surface area contributed by atoms with Crippen molar-refractivity contribution in [3.63, 3.8) is 0 Å². The van der Waals surface area contributed by atoms with E-state index >= 15 is 0 Å². The summed E-state index contributed by atoms with van der Waals surface area (Å²) >= 11 is 2.05. The third-order valence-electron chi connectivity index (χ3n) is 15.6. The van der Waals surface area contributed by atoms with Crippen LogP contribution in [0.25, 0.3) is 39.0 Å². The number of allylic oxidation sites excluding steroid dienone is 4. The summed E-state index contributed by atoms with van der Waals surface area (Å²) in [7, 11) is 0. The fraction of sp³-hybridized carbons (Fsp3) is 0.0725. The van der Waals surface area contributed by atoms with Crippen molar-refractivity contribution in [1.82, 2.24) is 0 Å². The molecule has 0 saturated carbocycles. The Morgan fingerprint density at radius 3 is 1.49 bits per heavy atom. The molecule has 3 heteroatoms. The van der Waals surface area contributed by atoms with Gasteiger partial charge in [-0.05, 0) is 164 Å². The number of rotatable bonds is 9. The number of para-hydroxylation sites is 1. The van der Waals surface area contributed by atoms with Gasteiger partial charge in [-0.2, -0.15) is 0 Å². The number of anilines is 6. The highest BCUT2D eigenvalue weighted by atomic mass is 32.2.